The molecule has 2 aromatic heterocycles. The normalized spacial score (nSPS) is 10.8. The van der Waals surface area contributed by atoms with Crippen molar-refractivity contribution in [2.45, 2.75) is 26.4 Å². The van der Waals surface area contributed by atoms with Crippen LogP contribution in [0, 0.1) is 0 Å². The molecular formula is C24H22ClN3O2S. The molecule has 5 nitrogen and oxygen atoms in total. The van der Waals surface area contributed by atoms with Crippen LogP contribution in [0.15, 0.2) is 60.8 Å². The lowest BCUT2D eigenvalue weighted by Crippen LogP contribution is -1.96. The van der Waals surface area contributed by atoms with Gasteiger partial charge in [0.25, 0.3) is 0 Å². The molecule has 31 heavy (non-hydrogen) atoms. The molecular weight excluding hydrogens is 430 g/mol. The monoisotopic (exact) mass is 451 g/mol. The van der Waals surface area contributed by atoms with Crippen LogP contribution in [0.1, 0.15) is 23.9 Å². The number of hydrogen-bond donors (Lipinski definition) is 0. The summed E-state index contributed by atoms with van der Waals surface area (Å²) < 4.78 is 11.2. The minimum absolute atomic E-state index is 0.227. The minimum Gasteiger partial charge on any atom is -0.497 e. The van der Waals surface area contributed by atoms with Gasteiger partial charge in [-0.25, -0.2) is 15.0 Å². The molecule has 2 aromatic carbocycles. The fourth-order valence-corrected chi connectivity index (χ4v) is 4.44. The molecule has 0 radical (unpaired) electrons. The van der Waals surface area contributed by atoms with Crippen molar-refractivity contribution < 1.29 is 9.47 Å². The Bertz CT molecular complexity index is 1160. The number of ether oxygens (including phenoxy) is 2. The first-order chi connectivity index (χ1) is 15.2. The van der Waals surface area contributed by atoms with Gasteiger partial charge in [-0.2, -0.15) is 0 Å². The van der Waals surface area contributed by atoms with E-state index in [1.807, 2.05) is 54.6 Å². The van der Waals surface area contributed by atoms with Gasteiger partial charge in [0, 0.05) is 11.8 Å². The lowest BCUT2D eigenvalue weighted by Gasteiger charge is -2.09. The predicted molar refractivity (Wildman–Crippen MR) is 125 cm³/mol. The zero-order valence-electron chi connectivity index (χ0n) is 17.3. The molecule has 0 fully saturated rings. The summed E-state index contributed by atoms with van der Waals surface area (Å²) in [4.78, 5) is 14.3. The second kappa shape index (κ2) is 9.90. The molecule has 7 heteroatoms. The molecule has 4 aromatic rings. The maximum atomic E-state index is 6.04. The lowest BCUT2D eigenvalue weighted by molar-refractivity contribution is 0.306. The van der Waals surface area contributed by atoms with Crippen molar-refractivity contribution in [3.8, 4) is 33.3 Å². The van der Waals surface area contributed by atoms with E-state index in [0.29, 0.717) is 6.61 Å². The summed E-state index contributed by atoms with van der Waals surface area (Å²) in [6.07, 6.45) is 3.62. The molecule has 0 N–H and O–H groups in total. The largest absolute Gasteiger partial charge is 0.497 e. The molecule has 0 aliphatic rings. The van der Waals surface area contributed by atoms with E-state index >= 15 is 0 Å². The van der Waals surface area contributed by atoms with Crippen molar-refractivity contribution >= 4 is 22.9 Å². The van der Waals surface area contributed by atoms with E-state index in [4.69, 9.17) is 26.1 Å². The molecule has 0 unspecified atom stereocenters. The van der Waals surface area contributed by atoms with Gasteiger partial charge in [-0.1, -0.05) is 31.2 Å². The summed E-state index contributed by atoms with van der Waals surface area (Å²) in [7, 11) is 1.66. The van der Waals surface area contributed by atoms with Gasteiger partial charge < -0.3 is 9.47 Å². The number of nitrogens with zero attached hydrogens (tertiary/aromatic N) is 3. The number of rotatable bonds is 8. The van der Waals surface area contributed by atoms with Crippen molar-refractivity contribution in [2.24, 2.45) is 0 Å². The molecule has 2 heterocycles. The van der Waals surface area contributed by atoms with Gasteiger partial charge in [-0.05, 0) is 60.3 Å². The summed E-state index contributed by atoms with van der Waals surface area (Å²) in [5.74, 6) is 1.61. The highest BCUT2D eigenvalue weighted by Crippen LogP contribution is 2.37. The van der Waals surface area contributed by atoms with Gasteiger partial charge in [0.2, 0.25) is 5.28 Å². The van der Waals surface area contributed by atoms with Gasteiger partial charge in [0.1, 0.15) is 18.1 Å². The number of aromatic nitrogens is 3. The SMILES string of the molecule is CCCc1nc(-c2cccc(OCc3ccc(OC)cc3)c2)c(-c2ccnc(Cl)n2)s1. The molecule has 0 atom stereocenters. The quantitative estimate of drug-likeness (QED) is 0.288. The summed E-state index contributed by atoms with van der Waals surface area (Å²) in [5, 5.41) is 1.30. The standard InChI is InChI=1S/C24H22ClN3O2S/c1-3-5-21-28-22(23(31-21)20-12-13-26-24(25)27-20)17-6-4-7-19(14-17)30-15-16-8-10-18(29-2)11-9-16/h4,6-14H,3,5,15H2,1-2H3. The molecule has 0 saturated carbocycles. The molecule has 0 amide bonds. The number of aryl methyl sites for hydroxylation is 1. The topological polar surface area (TPSA) is 57.1 Å². The fourth-order valence-electron chi connectivity index (χ4n) is 3.14. The molecule has 0 aliphatic carbocycles. The van der Waals surface area contributed by atoms with Gasteiger partial charge in [0.05, 0.1) is 28.4 Å². The third kappa shape index (κ3) is 5.21. The molecule has 158 valence electrons. The van der Waals surface area contributed by atoms with E-state index in [0.717, 1.165) is 56.7 Å². The maximum Gasteiger partial charge on any atom is 0.222 e. The zero-order valence-corrected chi connectivity index (χ0v) is 18.9. The molecule has 0 bridgehead atoms. The van der Waals surface area contributed by atoms with Gasteiger partial charge >= 0.3 is 0 Å². The average Bonchev–Trinajstić information content (AvgIpc) is 3.22. The molecule has 0 spiro atoms. The van der Waals surface area contributed by atoms with Crippen LogP contribution in [0.5, 0.6) is 11.5 Å². The van der Waals surface area contributed by atoms with E-state index in [9.17, 15) is 0 Å². The average molecular weight is 452 g/mol. The van der Waals surface area contributed by atoms with Crippen molar-refractivity contribution in [3.63, 3.8) is 0 Å². The Morgan fingerprint density at radius 2 is 1.84 bits per heavy atom. The van der Waals surface area contributed by atoms with Crippen molar-refractivity contribution in [3.05, 3.63) is 76.6 Å². The lowest BCUT2D eigenvalue weighted by atomic mass is 10.1. The third-order valence-electron chi connectivity index (χ3n) is 4.67. The first-order valence-corrected chi connectivity index (χ1v) is 11.2. The number of methoxy groups -OCH3 is 1. The van der Waals surface area contributed by atoms with Crippen LogP contribution >= 0.6 is 22.9 Å². The maximum absolute atomic E-state index is 6.04. The summed E-state index contributed by atoms with van der Waals surface area (Å²) in [6, 6.07) is 17.7. The highest BCUT2D eigenvalue weighted by atomic mass is 35.5. The molecule has 4 rings (SSSR count). The van der Waals surface area contributed by atoms with Crippen LogP contribution in [-0.4, -0.2) is 22.1 Å². The first-order valence-electron chi connectivity index (χ1n) is 10.0. The molecule has 0 saturated heterocycles. The van der Waals surface area contributed by atoms with Gasteiger partial charge in [-0.15, -0.1) is 11.3 Å². The highest BCUT2D eigenvalue weighted by molar-refractivity contribution is 7.15. The fraction of sp³-hybridized carbons (Fsp3) is 0.208. The van der Waals surface area contributed by atoms with Crippen LogP contribution in [0.25, 0.3) is 21.8 Å². The molecule has 0 aliphatic heterocycles. The highest BCUT2D eigenvalue weighted by Gasteiger charge is 2.17. The minimum atomic E-state index is 0.227. The zero-order chi connectivity index (χ0) is 21.6. The number of benzene rings is 2. The third-order valence-corrected chi connectivity index (χ3v) is 5.99. The van der Waals surface area contributed by atoms with Crippen LogP contribution < -0.4 is 9.47 Å². The Morgan fingerprint density at radius 1 is 1.00 bits per heavy atom. The summed E-state index contributed by atoms with van der Waals surface area (Å²) in [6.45, 7) is 2.62. The van der Waals surface area contributed by atoms with Crippen molar-refractivity contribution in [2.75, 3.05) is 7.11 Å². The Hall–Kier alpha value is -2.96. The van der Waals surface area contributed by atoms with Crippen LogP contribution in [-0.2, 0) is 13.0 Å². The Balaban J connectivity index is 1.61. The van der Waals surface area contributed by atoms with E-state index in [1.54, 1.807) is 24.6 Å². The number of hydrogen-bond acceptors (Lipinski definition) is 6. The Kier molecular flexibility index (Phi) is 6.79. The second-order valence-corrected chi connectivity index (χ2v) is 8.33. The first kappa shape index (κ1) is 21.3. The van der Waals surface area contributed by atoms with Gasteiger partial charge in [-0.3, -0.25) is 0 Å². The summed E-state index contributed by atoms with van der Waals surface area (Å²) >= 11 is 7.69. The summed E-state index contributed by atoms with van der Waals surface area (Å²) in [5.41, 5.74) is 3.72. The van der Waals surface area contributed by atoms with Crippen LogP contribution in [0.4, 0.5) is 0 Å². The van der Waals surface area contributed by atoms with Gasteiger partial charge in [0.15, 0.2) is 0 Å². The van der Waals surface area contributed by atoms with E-state index in [2.05, 4.69) is 16.9 Å². The van der Waals surface area contributed by atoms with Crippen molar-refractivity contribution in [1.29, 1.82) is 0 Å². The second-order valence-electron chi connectivity index (χ2n) is 6.91. The number of halogens is 1. The van der Waals surface area contributed by atoms with E-state index in [1.165, 1.54) is 0 Å². The Morgan fingerprint density at radius 3 is 2.58 bits per heavy atom. The van der Waals surface area contributed by atoms with E-state index < -0.39 is 0 Å². The Labute approximate surface area is 190 Å². The van der Waals surface area contributed by atoms with Crippen molar-refractivity contribution in [1.82, 2.24) is 15.0 Å². The van der Waals surface area contributed by atoms with Crippen LogP contribution in [0.3, 0.4) is 0 Å². The smallest absolute Gasteiger partial charge is 0.222 e. The van der Waals surface area contributed by atoms with E-state index in [-0.39, 0.29) is 5.28 Å². The van der Waals surface area contributed by atoms with Crippen LogP contribution in [0.2, 0.25) is 5.28 Å². The number of thiazole rings is 1. The predicted octanol–water partition coefficient (Wildman–Crippen LogP) is 6.46.